The Morgan fingerprint density at radius 1 is 1.05 bits per heavy atom. The monoisotopic (exact) mass is 519 g/mol. The van der Waals surface area contributed by atoms with Gasteiger partial charge >= 0.3 is 0 Å². The number of alkyl halides is 2. The molecular formula is C29H31F2N5O2. The Labute approximate surface area is 221 Å². The van der Waals surface area contributed by atoms with E-state index in [-0.39, 0.29) is 12.6 Å². The molecule has 0 aliphatic carbocycles. The number of hydrogen-bond donors (Lipinski definition) is 1. The smallest absolute Gasteiger partial charge is 0.251 e. The van der Waals surface area contributed by atoms with Gasteiger partial charge in [0.15, 0.2) is 5.82 Å². The Balaban J connectivity index is 1.22. The summed E-state index contributed by atoms with van der Waals surface area (Å²) >= 11 is 0. The van der Waals surface area contributed by atoms with Gasteiger partial charge in [0, 0.05) is 30.3 Å². The van der Waals surface area contributed by atoms with E-state index < -0.39 is 6.43 Å². The Morgan fingerprint density at radius 3 is 2.53 bits per heavy atom. The molecule has 0 atom stereocenters. The Morgan fingerprint density at radius 2 is 1.82 bits per heavy atom. The maximum atomic E-state index is 12.6. The molecule has 2 saturated heterocycles. The molecule has 2 aromatic carbocycles. The minimum atomic E-state index is -2.27. The van der Waals surface area contributed by atoms with Gasteiger partial charge in [-0.2, -0.15) is 5.26 Å². The van der Waals surface area contributed by atoms with Crippen LogP contribution in [0, 0.1) is 11.3 Å². The number of benzene rings is 2. The lowest BCUT2D eigenvalue weighted by atomic mass is 9.89. The number of nitrogens with zero attached hydrogens (tertiary/aromatic N) is 4. The lowest BCUT2D eigenvalue weighted by molar-refractivity contribution is 0.0254. The zero-order valence-corrected chi connectivity index (χ0v) is 21.2. The van der Waals surface area contributed by atoms with E-state index in [9.17, 15) is 14.0 Å². The molecule has 0 saturated carbocycles. The fourth-order valence-electron chi connectivity index (χ4n) is 5.03. The molecule has 0 bridgehead atoms. The lowest BCUT2D eigenvalue weighted by Crippen LogP contribution is -2.36. The molecule has 0 radical (unpaired) electrons. The molecule has 3 aromatic rings. The van der Waals surface area contributed by atoms with Gasteiger partial charge in [-0.05, 0) is 73.8 Å². The van der Waals surface area contributed by atoms with Crippen molar-refractivity contribution < 1.29 is 18.3 Å². The number of piperidine rings is 1. The molecule has 2 aliphatic rings. The Hall–Kier alpha value is -3.61. The quantitative estimate of drug-likeness (QED) is 0.405. The zero-order chi connectivity index (χ0) is 26.3. The van der Waals surface area contributed by atoms with Gasteiger partial charge in [0.1, 0.15) is 23.7 Å². The van der Waals surface area contributed by atoms with Crippen LogP contribution in [-0.2, 0) is 4.74 Å². The Kier molecular flexibility index (Phi) is 8.41. The molecule has 0 unspecified atom stereocenters. The number of aromatic nitrogens is 2. The van der Waals surface area contributed by atoms with Crippen LogP contribution in [0.5, 0.6) is 5.75 Å². The van der Waals surface area contributed by atoms with Gasteiger partial charge in [-0.15, -0.1) is 0 Å². The second kappa shape index (κ2) is 12.3. The fraction of sp³-hybridized carbons (Fsp3) is 0.414. The second-order valence-corrected chi connectivity index (χ2v) is 9.73. The van der Waals surface area contributed by atoms with E-state index in [0.717, 1.165) is 36.9 Å². The van der Waals surface area contributed by atoms with Crippen LogP contribution in [0.15, 0.2) is 54.7 Å². The first-order chi connectivity index (χ1) is 18.6. The van der Waals surface area contributed by atoms with Crippen LogP contribution in [0.25, 0.3) is 11.4 Å². The summed E-state index contributed by atoms with van der Waals surface area (Å²) in [6.45, 7) is 2.61. The predicted molar refractivity (Wildman–Crippen MR) is 141 cm³/mol. The molecule has 5 rings (SSSR count). The number of hydrogen-bond acceptors (Lipinski definition) is 7. The van der Waals surface area contributed by atoms with Crippen molar-refractivity contribution in [1.82, 2.24) is 14.9 Å². The number of anilines is 2. The summed E-state index contributed by atoms with van der Waals surface area (Å²) in [7, 11) is 0. The summed E-state index contributed by atoms with van der Waals surface area (Å²) in [5.41, 5.74) is 3.30. The van der Waals surface area contributed by atoms with E-state index in [2.05, 4.69) is 33.5 Å². The van der Waals surface area contributed by atoms with Crippen LogP contribution in [0.4, 0.5) is 20.3 Å². The number of ether oxygens (including phenoxy) is 2. The molecule has 9 heteroatoms. The zero-order valence-electron chi connectivity index (χ0n) is 21.2. The molecule has 2 fully saturated rings. The van der Waals surface area contributed by atoms with Gasteiger partial charge in [-0.25, -0.2) is 18.7 Å². The summed E-state index contributed by atoms with van der Waals surface area (Å²) in [6.07, 6.45) is 2.86. The number of rotatable bonds is 8. The van der Waals surface area contributed by atoms with Crippen molar-refractivity contribution in [2.75, 3.05) is 38.2 Å². The van der Waals surface area contributed by atoms with E-state index in [4.69, 9.17) is 9.47 Å². The average molecular weight is 520 g/mol. The van der Waals surface area contributed by atoms with Crippen molar-refractivity contribution in [3.05, 3.63) is 65.9 Å². The molecule has 2 aliphatic heterocycles. The van der Waals surface area contributed by atoms with Gasteiger partial charge in [0.25, 0.3) is 6.43 Å². The van der Waals surface area contributed by atoms with Gasteiger partial charge < -0.3 is 14.8 Å². The molecule has 1 aromatic heterocycles. The highest BCUT2D eigenvalue weighted by Gasteiger charge is 2.22. The highest BCUT2D eigenvalue weighted by Crippen LogP contribution is 2.30. The highest BCUT2D eigenvalue weighted by atomic mass is 19.3. The van der Waals surface area contributed by atoms with Crippen LogP contribution in [0.1, 0.15) is 42.7 Å². The van der Waals surface area contributed by atoms with E-state index in [1.54, 1.807) is 18.3 Å². The number of halogens is 2. The first kappa shape index (κ1) is 26.0. The number of likely N-dealkylation sites (tertiary alicyclic amines) is 1. The van der Waals surface area contributed by atoms with Crippen molar-refractivity contribution >= 4 is 11.5 Å². The van der Waals surface area contributed by atoms with Gasteiger partial charge in [-0.3, -0.25) is 4.90 Å². The first-order valence-corrected chi connectivity index (χ1v) is 13.1. The summed E-state index contributed by atoms with van der Waals surface area (Å²) < 4.78 is 36.7. The van der Waals surface area contributed by atoms with Crippen LogP contribution in [0.2, 0.25) is 0 Å². The van der Waals surface area contributed by atoms with Crippen LogP contribution < -0.4 is 10.1 Å². The summed E-state index contributed by atoms with van der Waals surface area (Å²) in [4.78, 5) is 10.9. The predicted octanol–water partition coefficient (Wildman–Crippen LogP) is 5.76. The summed E-state index contributed by atoms with van der Waals surface area (Å²) in [6, 6.07) is 17.7. The van der Waals surface area contributed by atoms with Crippen LogP contribution >= 0.6 is 0 Å². The van der Waals surface area contributed by atoms with Gasteiger partial charge in [0.2, 0.25) is 0 Å². The number of nitrogens with one attached hydrogen (secondary N) is 1. The normalized spacial score (nSPS) is 17.3. The van der Waals surface area contributed by atoms with Crippen molar-refractivity contribution in [2.45, 2.75) is 44.1 Å². The SMILES string of the molecule is N#Cc1cc(-c2nccc(Nc3ccc(C4CCN(CC(F)F)CC4)cc3)n2)ccc1OC1CCOCC1. The van der Waals surface area contributed by atoms with E-state index in [0.29, 0.717) is 55.2 Å². The lowest BCUT2D eigenvalue weighted by Gasteiger charge is -2.31. The third-order valence-corrected chi connectivity index (χ3v) is 7.11. The second-order valence-electron chi connectivity index (χ2n) is 9.73. The topological polar surface area (TPSA) is 83.3 Å². The molecule has 7 nitrogen and oxygen atoms in total. The third kappa shape index (κ3) is 6.63. The number of nitriles is 1. The van der Waals surface area contributed by atoms with Crippen LogP contribution in [-0.4, -0.2) is 60.2 Å². The Bertz CT molecular complexity index is 1250. The van der Waals surface area contributed by atoms with Crippen molar-refractivity contribution in [3.63, 3.8) is 0 Å². The summed E-state index contributed by atoms with van der Waals surface area (Å²) in [5, 5.41) is 13.0. The largest absolute Gasteiger partial charge is 0.489 e. The standard InChI is InChI=1S/C29H31F2N5O2/c30-27(31)19-36-13-8-21(9-14-36)20-1-4-24(5-2-20)34-28-7-12-33-29(35-28)22-3-6-26(23(17-22)18-32)38-25-10-15-37-16-11-25/h1-7,12,17,21,25,27H,8-11,13-16,19H2,(H,33,34,35). The average Bonchev–Trinajstić information content (AvgIpc) is 2.94. The van der Waals surface area contributed by atoms with Crippen LogP contribution in [0.3, 0.4) is 0 Å². The molecule has 0 spiro atoms. The molecule has 3 heterocycles. The third-order valence-electron chi connectivity index (χ3n) is 7.11. The van der Waals surface area contributed by atoms with Crippen molar-refractivity contribution in [1.29, 1.82) is 5.26 Å². The minimum Gasteiger partial charge on any atom is -0.489 e. The molecule has 1 N–H and O–H groups in total. The molecular weight excluding hydrogens is 488 g/mol. The minimum absolute atomic E-state index is 0.0511. The molecule has 38 heavy (non-hydrogen) atoms. The van der Waals surface area contributed by atoms with E-state index in [1.165, 1.54) is 5.56 Å². The van der Waals surface area contributed by atoms with E-state index >= 15 is 0 Å². The fourth-order valence-corrected chi connectivity index (χ4v) is 5.03. The first-order valence-electron chi connectivity index (χ1n) is 13.1. The molecule has 0 amide bonds. The van der Waals surface area contributed by atoms with Gasteiger partial charge in [-0.1, -0.05) is 12.1 Å². The highest BCUT2D eigenvalue weighted by molar-refractivity contribution is 5.64. The van der Waals surface area contributed by atoms with Gasteiger partial charge in [0.05, 0.1) is 25.3 Å². The van der Waals surface area contributed by atoms with E-state index in [1.807, 2.05) is 29.2 Å². The van der Waals surface area contributed by atoms with Crippen molar-refractivity contribution in [3.8, 4) is 23.2 Å². The maximum absolute atomic E-state index is 12.6. The molecule has 198 valence electrons. The maximum Gasteiger partial charge on any atom is 0.251 e. The summed E-state index contributed by atoms with van der Waals surface area (Å²) in [5.74, 6) is 2.11. The van der Waals surface area contributed by atoms with Crippen molar-refractivity contribution in [2.24, 2.45) is 0 Å².